The molecule has 1 unspecified atom stereocenters. The highest BCUT2D eigenvalue weighted by Gasteiger charge is 2.37. The summed E-state index contributed by atoms with van der Waals surface area (Å²) in [4.78, 5) is 14.3. The Bertz CT molecular complexity index is 531. The molecular formula is C12H11BrF3NO3. The van der Waals surface area contributed by atoms with E-state index in [1.807, 2.05) is 0 Å². The van der Waals surface area contributed by atoms with Gasteiger partial charge < -0.3 is 9.84 Å². The molecule has 0 radical (unpaired) electrons. The number of carbonyl (C=O) groups is 1. The number of rotatable bonds is 5. The predicted octanol–water partition coefficient (Wildman–Crippen LogP) is 3.90. The number of hydrogen-bond acceptors (Lipinski definition) is 3. The lowest BCUT2D eigenvalue weighted by atomic mass is 10.2. The summed E-state index contributed by atoms with van der Waals surface area (Å²) in [5.74, 6) is -2.21. The van der Waals surface area contributed by atoms with Crippen LogP contribution in [0.3, 0.4) is 0 Å². The Morgan fingerprint density at radius 2 is 2.25 bits per heavy atom. The van der Waals surface area contributed by atoms with Gasteiger partial charge in [-0.2, -0.15) is 13.2 Å². The summed E-state index contributed by atoms with van der Waals surface area (Å²) < 4.78 is 43.5. The molecule has 0 spiro atoms. The van der Waals surface area contributed by atoms with Crippen LogP contribution < -0.4 is 4.74 Å². The number of halogens is 4. The van der Waals surface area contributed by atoms with Crippen LogP contribution in [0.4, 0.5) is 13.2 Å². The van der Waals surface area contributed by atoms with Crippen LogP contribution >= 0.6 is 15.9 Å². The fraction of sp³-hybridized carbons (Fsp3) is 0.333. The molecule has 1 heterocycles. The first-order valence-electron chi connectivity index (χ1n) is 5.45. The Morgan fingerprint density at radius 1 is 1.65 bits per heavy atom. The topological polar surface area (TPSA) is 59.4 Å². The summed E-state index contributed by atoms with van der Waals surface area (Å²) >= 11 is 2.76. The Morgan fingerprint density at radius 3 is 2.70 bits per heavy atom. The summed E-state index contributed by atoms with van der Waals surface area (Å²) in [6.07, 6.45) is -3.52. The quantitative estimate of drug-likeness (QED) is 0.815. The molecule has 20 heavy (non-hydrogen) atoms. The molecule has 1 aromatic heterocycles. The van der Waals surface area contributed by atoms with Crippen molar-refractivity contribution in [1.29, 1.82) is 0 Å². The zero-order valence-electron chi connectivity index (χ0n) is 10.4. The average molecular weight is 354 g/mol. The lowest BCUT2D eigenvalue weighted by Gasteiger charge is -2.17. The van der Waals surface area contributed by atoms with Crippen LogP contribution in [0.2, 0.25) is 0 Å². The van der Waals surface area contributed by atoms with Gasteiger partial charge in [-0.1, -0.05) is 6.08 Å². The molecule has 0 aliphatic carbocycles. The number of nitrogens with zero attached hydrogens (tertiary/aromatic N) is 1. The summed E-state index contributed by atoms with van der Waals surface area (Å²) in [6, 6.07) is 0.645. The number of alkyl halides is 3. The number of aromatic carboxylic acids is 1. The first kappa shape index (κ1) is 16.5. The van der Waals surface area contributed by atoms with E-state index in [4.69, 9.17) is 9.84 Å². The van der Waals surface area contributed by atoms with E-state index < -0.39 is 35.4 Å². The minimum Gasteiger partial charge on any atom is -0.476 e. The smallest absolute Gasteiger partial charge is 0.421 e. The third-order valence-corrected chi connectivity index (χ3v) is 2.86. The third kappa shape index (κ3) is 3.96. The second kappa shape index (κ2) is 6.25. The highest BCUT2D eigenvalue weighted by Crippen LogP contribution is 2.38. The lowest BCUT2D eigenvalue weighted by molar-refractivity contribution is -0.139. The average Bonchev–Trinajstić information content (AvgIpc) is 2.29. The molecule has 4 nitrogen and oxygen atoms in total. The zero-order chi connectivity index (χ0) is 15.5. The second-order valence-electron chi connectivity index (χ2n) is 3.93. The second-order valence-corrected chi connectivity index (χ2v) is 4.78. The van der Waals surface area contributed by atoms with E-state index in [2.05, 4.69) is 27.5 Å². The number of aromatic nitrogens is 1. The van der Waals surface area contributed by atoms with Crippen molar-refractivity contribution in [2.45, 2.75) is 25.6 Å². The van der Waals surface area contributed by atoms with Crippen LogP contribution in [0.1, 0.15) is 29.4 Å². The lowest BCUT2D eigenvalue weighted by Crippen LogP contribution is -2.18. The van der Waals surface area contributed by atoms with E-state index in [0.717, 1.165) is 0 Å². The van der Waals surface area contributed by atoms with Crippen molar-refractivity contribution < 1.29 is 27.8 Å². The predicted molar refractivity (Wildman–Crippen MR) is 68.8 cm³/mol. The SMILES string of the molecule is C=CCC(C)Oc1nc(C(=O)O)c(Br)cc1C(F)(F)F. The van der Waals surface area contributed by atoms with E-state index in [1.54, 1.807) is 0 Å². The van der Waals surface area contributed by atoms with E-state index >= 15 is 0 Å². The van der Waals surface area contributed by atoms with Crippen molar-refractivity contribution in [3.8, 4) is 5.88 Å². The molecule has 0 aromatic carbocycles. The fourth-order valence-electron chi connectivity index (χ4n) is 1.39. The summed E-state index contributed by atoms with van der Waals surface area (Å²) in [6.45, 7) is 4.98. The molecule has 1 atom stereocenters. The molecule has 0 aliphatic rings. The van der Waals surface area contributed by atoms with Gasteiger partial charge in [0.1, 0.15) is 11.7 Å². The molecule has 0 amide bonds. The first-order chi connectivity index (χ1) is 9.16. The van der Waals surface area contributed by atoms with Gasteiger partial charge >= 0.3 is 12.1 Å². The van der Waals surface area contributed by atoms with Gasteiger partial charge in [0.15, 0.2) is 5.69 Å². The summed E-state index contributed by atoms with van der Waals surface area (Å²) in [5, 5.41) is 8.88. The van der Waals surface area contributed by atoms with E-state index in [0.29, 0.717) is 12.5 Å². The van der Waals surface area contributed by atoms with Gasteiger partial charge in [0.25, 0.3) is 0 Å². The van der Waals surface area contributed by atoms with Crippen molar-refractivity contribution in [3.05, 3.63) is 34.5 Å². The maximum absolute atomic E-state index is 12.9. The molecule has 1 N–H and O–H groups in total. The number of hydrogen-bond donors (Lipinski definition) is 1. The number of carboxylic acids is 1. The van der Waals surface area contributed by atoms with Gasteiger partial charge in [-0.25, -0.2) is 9.78 Å². The standard InChI is InChI=1S/C12H11BrF3NO3/c1-3-4-6(2)20-10-7(12(14,15)16)5-8(13)9(17-10)11(18)19/h3,5-6H,1,4H2,2H3,(H,18,19). The van der Waals surface area contributed by atoms with Gasteiger partial charge in [0.05, 0.1) is 4.47 Å². The largest absolute Gasteiger partial charge is 0.476 e. The van der Waals surface area contributed by atoms with E-state index in [9.17, 15) is 18.0 Å². The number of ether oxygens (including phenoxy) is 1. The Balaban J connectivity index is 3.32. The molecule has 0 bridgehead atoms. The first-order valence-corrected chi connectivity index (χ1v) is 6.24. The highest BCUT2D eigenvalue weighted by atomic mass is 79.9. The molecular weight excluding hydrogens is 343 g/mol. The monoisotopic (exact) mass is 353 g/mol. The van der Waals surface area contributed by atoms with Crippen LogP contribution in [0.25, 0.3) is 0 Å². The molecule has 8 heteroatoms. The van der Waals surface area contributed by atoms with Crippen molar-refractivity contribution in [2.24, 2.45) is 0 Å². The molecule has 1 aromatic rings. The highest BCUT2D eigenvalue weighted by molar-refractivity contribution is 9.10. The van der Waals surface area contributed by atoms with Gasteiger partial charge in [0, 0.05) is 6.42 Å². The minimum absolute atomic E-state index is 0.263. The van der Waals surface area contributed by atoms with Gasteiger partial charge in [-0.3, -0.25) is 0 Å². The van der Waals surface area contributed by atoms with Crippen molar-refractivity contribution in [1.82, 2.24) is 4.98 Å². The Hall–Kier alpha value is -1.57. The number of carboxylic acid groups (broad SMARTS) is 1. The zero-order valence-corrected chi connectivity index (χ0v) is 12.0. The summed E-state index contributed by atoms with van der Waals surface area (Å²) in [5.41, 5.74) is -1.68. The molecule has 1 rings (SSSR count). The summed E-state index contributed by atoms with van der Waals surface area (Å²) in [7, 11) is 0. The van der Waals surface area contributed by atoms with E-state index in [-0.39, 0.29) is 4.47 Å². The van der Waals surface area contributed by atoms with Crippen molar-refractivity contribution in [3.63, 3.8) is 0 Å². The Labute approximate surface area is 121 Å². The van der Waals surface area contributed by atoms with E-state index in [1.165, 1.54) is 13.0 Å². The molecule has 0 fully saturated rings. The fourth-order valence-corrected chi connectivity index (χ4v) is 1.88. The van der Waals surface area contributed by atoms with Gasteiger partial charge in [-0.05, 0) is 28.9 Å². The molecule has 0 aliphatic heterocycles. The molecule has 0 saturated heterocycles. The number of pyridine rings is 1. The minimum atomic E-state index is -4.70. The Kier molecular flexibility index (Phi) is 5.15. The van der Waals surface area contributed by atoms with Crippen molar-refractivity contribution >= 4 is 21.9 Å². The third-order valence-electron chi connectivity index (χ3n) is 2.26. The molecule has 110 valence electrons. The van der Waals surface area contributed by atoms with Crippen LogP contribution in [0.15, 0.2) is 23.2 Å². The van der Waals surface area contributed by atoms with Crippen LogP contribution in [-0.4, -0.2) is 22.2 Å². The maximum Gasteiger partial charge on any atom is 0.421 e. The van der Waals surface area contributed by atoms with Crippen molar-refractivity contribution in [2.75, 3.05) is 0 Å². The van der Waals surface area contributed by atoms with Crippen LogP contribution in [0, 0.1) is 0 Å². The molecule has 0 saturated carbocycles. The van der Waals surface area contributed by atoms with Gasteiger partial charge in [0.2, 0.25) is 5.88 Å². The van der Waals surface area contributed by atoms with Crippen LogP contribution in [-0.2, 0) is 6.18 Å². The van der Waals surface area contributed by atoms with Crippen LogP contribution in [0.5, 0.6) is 5.88 Å². The van der Waals surface area contributed by atoms with Gasteiger partial charge in [-0.15, -0.1) is 6.58 Å². The maximum atomic E-state index is 12.9. The normalized spacial score (nSPS) is 12.8.